The number of nitrogens with zero attached hydrogens (tertiary/aromatic N) is 3. The normalized spacial score (nSPS) is 18.4. The molecule has 0 saturated carbocycles. The lowest BCUT2D eigenvalue weighted by molar-refractivity contribution is -0.136. The Kier molecular flexibility index (Phi) is 8.17. The number of carbonyl (C=O) groups is 2. The Hall–Kier alpha value is -2.79. The predicted octanol–water partition coefficient (Wildman–Crippen LogP) is 1.33. The third-order valence-corrected chi connectivity index (χ3v) is 7.67. The highest BCUT2D eigenvalue weighted by atomic mass is 32.2. The number of hydrogen-bond acceptors (Lipinski definition) is 6. The number of carbonyl (C=O) groups excluding carboxylic acids is 2. The summed E-state index contributed by atoms with van der Waals surface area (Å²) in [5, 5.41) is 7.93. The first-order valence-electron chi connectivity index (χ1n) is 12.0. The molecule has 188 valence electrons. The number of piperidine rings is 1. The topological polar surface area (TPSA) is 116 Å². The first-order chi connectivity index (χ1) is 16.8. The quantitative estimate of drug-likeness (QED) is 0.594. The van der Waals surface area contributed by atoms with Crippen LogP contribution in [0.1, 0.15) is 18.4 Å². The summed E-state index contributed by atoms with van der Waals surface area (Å²) in [6.07, 6.45) is 1.22. The minimum absolute atomic E-state index is 0.0000669. The summed E-state index contributed by atoms with van der Waals surface area (Å²) in [6.45, 7) is 6.14. The Morgan fingerprint density at radius 2 is 1.46 bits per heavy atom. The molecule has 10 heteroatoms. The Morgan fingerprint density at radius 1 is 0.857 bits per heavy atom. The van der Waals surface area contributed by atoms with Crippen LogP contribution < -0.4 is 10.5 Å². The number of anilines is 1. The summed E-state index contributed by atoms with van der Waals surface area (Å²) < 4.78 is 22.7. The number of likely N-dealkylation sites (tertiary alicyclic amines) is 1. The molecule has 2 aliphatic rings. The maximum Gasteiger partial charge on any atom is 0.238 e. The number of sulfonamides is 1. The summed E-state index contributed by atoms with van der Waals surface area (Å²) in [6, 6.07) is 16.2. The van der Waals surface area contributed by atoms with E-state index < -0.39 is 10.0 Å². The zero-order chi connectivity index (χ0) is 24.8. The molecule has 4 rings (SSSR count). The second-order valence-corrected chi connectivity index (χ2v) is 10.8. The van der Waals surface area contributed by atoms with Gasteiger partial charge in [0.1, 0.15) is 0 Å². The predicted molar refractivity (Wildman–Crippen MR) is 134 cm³/mol. The van der Waals surface area contributed by atoms with Crippen molar-refractivity contribution >= 4 is 27.5 Å². The number of nitrogens with two attached hydrogens (primary N) is 1. The summed E-state index contributed by atoms with van der Waals surface area (Å²) in [5.74, 6) is -0.174. The highest BCUT2D eigenvalue weighted by Gasteiger charge is 2.29. The lowest BCUT2D eigenvalue weighted by Crippen LogP contribution is -2.51. The molecule has 35 heavy (non-hydrogen) atoms. The number of piperazine rings is 1. The van der Waals surface area contributed by atoms with Crippen LogP contribution in [0, 0.1) is 5.92 Å². The molecule has 2 fully saturated rings. The average molecular weight is 500 g/mol. The molecule has 0 unspecified atom stereocenters. The number of amides is 2. The van der Waals surface area contributed by atoms with E-state index >= 15 is 0 Å². The molecule has 0 atom stereocenters. The minimum atomic E-state index is -3.77. The van der Waals surface area contributed by atoms with Crippen molar-refractivity contribution in [1.29, 1.82) is 0 Å². The molecule has 0 aliphatic carbocycles. The van der Waals surface area contributed by atoms with E-state index in [1.165, 1.54) is 29.8 Å². The third kappa shape index (κ3) is 7.11. The molecule has 2 aliphatic heterocycles. The van der Waals surface area contributed by atoms with Crippen LogP contribution in [-0.2, 0) is 26.2 Å². The van der Waals surface area contributed by atoms with E-state index in [4.69, 9.17) is 5.14 Å². The van der Waals surface area contributed by atoms with Gasteiger partial charge in [0.2, 0.25) is 21.8 Å². The fraction of sp³-hybridized carbons (Fsp3) is 0.440. The summed E-state index contributed by atoms with van der Waals surface area (Å²) >= 11 is 0. The van der Waals surface area contributed by atoms with Crippen molar-refractivity contribution in [3.05, 3.63) is 60.2 Å². The molecule has 3 N–H and O–H groups in total. The van der Waals surface area contributed by atoms with Crippen molar-refractivity contribution in [1.82, 2.24) is 14.7 Å². The molecule has 0 radical (unpaired) electrons. The standard InChI is InChI=1S/C25H33N5O4S/c26-35(33,34)23-8-6-22(7-9-23)27-25(32)21-10-12-30(13-11-21)24(31)19-29-16-14-28(15-17-29)18-20-4-2-1-3-5-20/h1-9,21H,10-19H2,(H,27,32)(H2,26,33,34). The van der Waals surface area contributed by atoms with Gasteiger partial charge in [-0.3, -0.25) is 19.4 Å². The Morgan fingerprint density at radius 3 is 2.06 bits per heavy atom. The van der Waals surface area contributed by atoms with Gasteiger partial charge in [-0.1, -0.05) is 30.3 Å². The van der Waals surface area contributed by atoms with Gasteiger partial charge in [-0.05, 0) is 42.7 Å². The summed E-state index contributed by atoms with van der Waals surface area (Å²) in [5.41, 5.74) is 1.83. The number of nitrogens with one attached hydrogen (secondary N) is 1. The van der Waals surface area contributed by atoms with Gasteiger partial charge < -0.3 is 10.2 Å². The highest BCUT2D eigenvalue weighted by Crippen LogP contribution is 2.21. The lowest BCUT2D eigenvalue weighted by atomic mass is 9.95. The summed E-state index contributed by atoms with van der Waals surface area (Å²) in [4.78, 5) is 32.0. The van der Waals surface area contributed by atoms with Crippen molar-refractivity contribution in [3.8, 4) is 0 Å². The van der Waals surface area contributed by atoms with Crippen LogP contribution in [0.3, 0.4) is 0 Å². The van der Waals surface area contributed by atoms with Gasteiger partial charge in [-0.2, -0.15) is 0 Å². The fourth-order valence-electron chi connectivity index (χ4n) is 4.60. The molecular formula is C25H33N5O4S. The third-order valence-electron chi connectivity index (χ3n) is 6.74. The van der Waals surface area contributed by atoms with Gasteiger partial charge in [0, 0.05) is 57.4 Å². The van der Waals surface area contributed by atoms with Crippen LogP contribution in [0.2, 0.25) is 0 Å². The fourth-order valence-corrected chi connectivity index (χ4v) is 5.12. The van der Waals surface area contributed by atoms with Gasteiger partial charge in [0.15, 0.2) is 0 Å². The molecular weight excluding hydrogens is 466 g/mol. The molecule has 0 bridgehead atoms. The van der Waals surface area contributed by atoms with Crippen LogP contribution in [0.4, 0.5) is 5.69 Å². The van der Waals surface area contributed by atoms with Crippen LogP contribution in [0.15, 0.2) is 59.5 Å². The van der Waals surface area contributed by atoms with Crippen molar-refractivity contribution in [2.45, 2.75) is 24.3 Å². The smallest absolute Gasteiger partial charge is 0.238 e. The van der Waals surface area contributed by atoms with Crippen LogP contribution >= 0.6 is 0 Å². The first-order valence-corrected chi connectivity index (χ1v) is 13.5. The zero-order valence-corrected chi connectivity index (χ0v) is 20.6. The van der Waals surface area contributed by atoms with Gasteiger partial charge in [0.05, 0.1) is 11.4 Å². The van der Waals surface area contributed by atoms with Crippen LogP contribution in [-0.4, -0.2) is 80.7 Å². The second kappa shape index (κ2) is 11.3. The van der Waals surface area contributed by atoms with E-state index in [2.05, 4.69) is 39.4 Å². The molecule has 0 spiro atoms. The van der Waals surface area contributed by atoms with Crippen LogP contribution in [0.5, 0.6) is 0 Å². The molecule has 2 saturated heterocycles. The second-order valence-electron chi connectivity index (χ2n) is 9.25. The van der Waals surface area contributed by atoms with Gasteiger partial charge in [-0.15, -0.1) is 0 Å². The molecule has 9 nitrogen and oxygen atoms in total. The van der Waals surface area contributed by atoms with E-state index in [0.717, 1.165) is 32.7 Å². The van der Waals surface area contributed by atoms with Gasteiger partial charge >= 0.3 is 0 Å². The van der Waals surface area contributed by atoms with Gasteiger partial charge in [-0.25, -0.2) is 13.6 Å². The number of hydrogen-bond donors (Lipinski definition) is 2. The Bertz CT molecular complexity index is 1110. The van der Waals surface area contributed by atoms with Crippen molar-refractivity contribution in [3.63, 3.8) is 0 Å². The van der Waals surface area contributed by atoms with Crippen molar-refractivity contribution < 1.29 is 18.0 Å². The molecule has 2 heterocycles. The van der Waals surface area contributed by atoms with E-state index in [1.54, 1.807) is 0 Å². The summed E-state index contributed by atoms with van der Waals surface area (Å²) in [7, 11) is -3.77. The maximum absolute atomic E-state index is 12.8. The first kappa shape index (κ1) is 25.3. The van der Waals surface area contributed by atoms with Crippen LogP contribution in [0.25, 0.3) is 0 Å². The maximum atomic E-state index is 12.8. The van der Waals surface area contributed by atoms with E-state index in [0.29, 0.717) is 38.2 Å². The van der Waals surface area contributed by atoms with E-state index in [9.17, 15) is 18.0 Å². The van der Waals surface area contributed by atoms with E-state index in [1.807, 2.05) is 11.0 Å². The molecule has 0 aromatic heterocycles. The van der Waals surface area contributed by atoms with Gasteiger partial charge in [0.25, 0.3) is 0 Å². The number of rotatable bonds is 7. The van der Waals surface area contributed by atoms with Crippen molar-refractivity contribution in [2.24, 2.45) is 11.1 Å². The largest absolute Gasteiger partial charge is 0.342 e. The zero-order valence-electron chi connectivity index (χ0n) is 19.8. The Labute approximate surface area is 206 Å². The molecule has 2 amide bonds. The van der Waals surface area contributed by atoms with Crippen molar-refractivity contribution in [2.75, 3.05) is 51.1 Å². The lowest BCUT2D eigenvalue weighted by Gasteiger charge is -2.37. The minimum Gasteiger partial charge on any atom is -0.342 e. The monoisotopic (exact) mass is 499 g/mol. The Balaban J connectivity index is 1.17. The van der Waals surface area contributed by atoms with E-state index in [-0.39, 0.29) is 22.6 Å². The molecule has 2 aromatic carbocycles. The number of primary sulfonamides is 1. The molecule has 2 aromatic rings. The number of benzene rings is 2. The SMILES string of the molecule is NS(=O)(=O)c1ccc(NC(=O)C2CCN(C(=O)CN3CCN(Cc4ccccc4)CC3)CC2)cc1. The average Bonchev–Trinajstić information content (AvgIpc) is 2.86. The highest BCUT2D eigenvalue weighted by molar-refractivity contribution is 7.89.